The van der Waals surface area contributed by atoms with E-state index in [9.17, 15) is 5.26 Å². The average molecular weight is 638 g/mol. The molecule has 7 aromatic carbocycles. The van der Waals surface area contributed by atoms with Crippen LogP contribution in [0.5, 0.6) is 0 Å². The summed E-state index contributed by atoms with van der Waals surface area (Å²) in [4.78, 5) is 19.8. The van der Waals surface area contributed by atoms with E-state index in [-0.39, 0.29) is 0 Å². The Balaban J connectivity index is 1.26. The fraction of sp³-hybridized carbons (Fsp3) is 0. The van der Waals surface area contributed by atoms with Gasteiger partial charge in [0.05, 0.1) is 17.1 Å². The van der Waals surface area contributed by atoms with Crippen molar-refractivity contribution in [3.8, 4) is 62.5 Å². The molecule has 0 unspecified atom stereocenters. The lowest BCUT2D eigenvalue weighted by molar-refractivity contribution is 1.07. The van der Waals surface area contributed by atoms with Crippen LogP contribution in [-0.2, 0) is 0 Å². The molecule has 5 nitrogen and oxygen atoms in total. The molecule has 0 N–H and O–H groups in total. The second-order valence-corrected chi connectivity index (χ2v) is 12.2. The molecule has 0 aliphatic heterocycles. The minimum absolute atomic E-state index is 0.604. The van der Waals surface area contributed by atoms with Crippen LogP contribution in [0, 0.1) is 11.3 Å². The van der Waals surface area contributed by atoms with Gasteiger partial charge in [0, 0.05) is 33.8 Å². The highest BCUT2D eigenvalue weighted by atomic mass is 15.0. The number of nitriles is 1. The van der Waals surface area contributed by atoms with Crippen molar-refractivity contribution in [1.82, 2.24) is 19.9 Å². The zero-order chi connectivity index (χ0) is 33.4. The summed E-state index contributed by atoms with van der Waals surface area (Å²) in [6.07, 6.45) is 1.85. The number of nitrogens with zero attached hydrogens (tertiary/aromatic N) is 5. The summed E-state index contributed by atoms with van der Waals surface area (Å²) in [7, 11) is 0. The van der Waals surface area contributed by atoms with E-state index in [1.54, 1.807) is 0 Å². The molecule has 5 heteroatoms. The van der Waals surface area contributed by atoms with E-state index in [1.165, 1.54) is 0 Å². The van der Waals surface area contributed by atoms with Gasteiger partial charge in [0.2, 0.25) is 0 Å². The predicted molar refractivity (Wildman–Crippen MR) is 202 cm³/mol. The Morgan fingerprint density at radius 1 is 0.380 bits per heavy atom. The van der Waals surface area contributed by atoms with E-state index >= 15 is 0 Å². The van der Waals surface area contributed by atoms with Crippen molar-refractivity contribution in [1.29, 1.82) is 5.26 Å². The summed E-state index contributed by atoms with van der Waals surface area (Å²) in [6, 6.07) is 55.7. The molecule has 0 bridgehead atoms. The summed E-state index contributed by atoms with van der Waals surface area (Å²) in [5.41, 5.74) is 8.45. The van der Waals surface area contributed by atoms with Crippen LogP contribution in [0.25, 0.3) is 88.9 Å². The van der Waals surface area contributed by atoms with Crippen molar-refractivity contribution in [2.75, 3.05) is 0 Å². The van der Waals surface area contributed by atoms with Crippen molar-refractivity contribution in [2.24, 2.45) is 0 Å². The predicted octanol–water partition coefficient (Wildman–Crippen LogP) is 10.9. The quantitative estimate of drug-likeness (QED) is 0.176. The van der Waals surface area contributed by atoms with Crippen molar-refractivity contribution >= 4 is 32.4 Å². The van der Waals surface area contributed by atoms with E-state index in [4.69, 9.17) is 19.9 Å². The smallest absolute Gasteiger partial charge is 0.164 e. The van der Waals surface area contributed by atoms with Crippen LogP contribution in [0.3, 0.4) is 0 Å². The van der Waals surface area contributed by atoms with Gasteiger partial charge < -0.3 is 0 Å². The van der Waals surface area contributed by atoms with Crippen LogP contribution in [0.15, 0.2) is 164 Å². The van der Waals surface area contributed by atoms with Crippen LogP contribution in [0.1, 0.15) is 5.56 Å². The SMILES string of the molecule is N#Cc1cccc(-c2cc3c4cccnc4c(-c4cccc(-c5nc(-c6ccccc6)nc(-c6ccccc6)n5)c4)cc3c3ccccc23)c1. The number of fused-ring (bicyclic) bond motifs is 5. The number of aromatic nitrogens is 4. The summed E-state index contributed by atoms with van der Waals surface area (Å²) in [6.45, 7) is 0. The van der Waals surface area contributed by atoms with Crippen molar-refractivity contribution in [3.05, 3.63) is 169 Å². The van der Waals surface area contributed by atoms with Crippen molar-refractivity contribution < 1.29 is 0 Å². The molecular weight excluding hydrogens is 611 g/mol. The van der Waals surface area contributed by atoms with Crippen LogP contribution in [-0.4, -0.2) is 19.9 Å². The largest absolute Gasteiger partial charge is 0.256 e. The normalized spacial score (nSPS) is 11.2. The van der Waals surface area contributed by atoms with Gasteiger partial charge in [-0.1, -0.05) is 121 Å². The first-order valence-corrected chi connectivity index (χ1v) is 16.4. The van der Waals surface area contributed by atoms with Crippen LogP contribution in [0.4, 0.5) is 0 Å². The highest BCUT2D eigenvalue weighted by molar-refractivity contribution is 6.23. The summed E-state index contributed by atoms with van der Waals surface area (Å²) in [5.74, 6) is 1.85. The molecule has 2 heterocycles. The number of benzene rings is 7. The topological polar surface area (TPSA) is 75.3 Å². The Morgan fingerprint density at radius 3 is 1.60 bits per heavy atom. The van der Waals surface area contributed by atoms with Crippen LogP contribution < -0.4 is 0 Å². The summed E-state index contributed by atoms with van der Waals surface area (Å²) in [5, 5.41) is 15.2. The first-order chi connectivity index (χ1) is 24.7. The lowest BCUT2D eigenvalue weighted by Crippen LogP contribution is -2.00. The molecule has 0 amide bonds. The van der Waals surface area contributed by atoms with Crippen molar-refractivity contribution in [2.45, 2.75) is 0 Å². The van der Waals surface area contributed by atoms with Crippen molar-refractivity contribution in [3.63, 3.8) is 0 Å². The fourth-order valence-corrected chi connectivity index (χ4v) is 6.80. The standard InChI is InChI=1S/C45H27N5/c46-28-29-12-9-17-32(24-29)38-26-41-37-22-11-23-47-42(37)39(27-40(41)36-21-8-7-20-35(36)38)33-18-10-19-34(25-33)45-49-43(30-13-3-1-4-14-30)48-44(50-45)31-15-5-2-6-16-31/h1-27H. The molecule has 2 aromatic heterocycles. The van der Waals surface area contributed by atoms with Gasteiger partial charge in [-0.2, -0.15) is 5.26 Å². The summed E-state index contributed by atoms with van der Waals surface area (Å²) >= 11 is 0. The zero-order valence-corrected chi connectivity index (χ0v) is 26.8. The van der Waals surface area contributed by atoms with Gasteiger partial charge in [-0.25, -0.2) is 15.0 Å². The second-order valence-electron chi connectivity index (χ2n) is 12.2. The molecule has 0 saturated heterocycles. The zero-order valence-electron chi connectivity index (χ0n) is 26.8. The molecule has 0 atom stereocenters. The molecule has 232 valence electrons. The Hall–Kier alpha value is -7.03. The maximum atomic E-state index is 9.63. The Bertz CT molecular complexity index is 2710. The lowest BCUT2D eigenvalue weighted by atomic mass is 9.88. The highest BCUT2D eigenvalue weighted by Crippen LogP contribution is 2.41. The number of hydrogen-bond donors (Lipinski definition) is 0. The Kier molecular flexibility index (Phi) is 7.11. The summed E-state index contributed by atoms with van der Waals surface area (Å²) < 4.78 is 0. The van der Waals surface area contributed by atoms with Crippen LogP contribution in [0.2, 0.25) is 0 Å². The first-order valence-electron chi connectivity index (χ1n) is 16.4. The van der Waals surface area contributed by atoms with E-state index < -0.39 is 0 Å². The molecule has 0 spiro atoms. The van der Waals surface area contributed by atoms with Crippen LogP contribution >= 0.6 is 0 Å². The van der Waals surface area contributed by atoms with Gasteiger partial charge in [-0.15, -0.1) is 0 Å². The van der Waals surface area contributed by atoms with Gasteiger partial charge >= 0.3 is 0 Å². The highest BCUT2D eigenvalue weighted by Gasteiger charge is 2.17. The maximum absolute atomic E-state index is 9.63. The molecule has 0 saturated carbocycles. The minimum atomic E-state index is 0.604. The Labute approximate surface area is 288 Å². The maximum Gasteiger partial charge on any atom is 0.164 e. The minimum Gasteiger partial charge on any atom is -0.256 e. The van der Waals surface area contributed by atoms with E-state index in [0.717, 1.165) is 71.4 Å². The third-order valence-electron chi connectivity index (χ3n) is 9.16. The van der Waals surface area contributed by atoms with Gasteiger partial charge in [0.25, 0.3) is 0 Å². The van der Waals surface area contributed by atoms with Gasteiger partial charge in [-0.05, 0) is 74.6 Å². The lowest BCUT2D eigenvalue weighted by Gasteiger charge is -2.16. The molecule has 50 heavy (non-hydrogen) atoms. The van der Waals surface area contributed by atoms with Gasteiger partial charge in [0.1, 0.15) is 0 Å². The number of rotatable bonds is 5. The molecule has 9 aromatic rings. The molecule has 0 radical (unpaired) electrons. The monoisotopic (exact) mass is 637 g/mol. The van der Waals surface area contributed by atoms with Gasteiger partial charge in [0.15, 0.2) is 17.5 Å². The molecule has 0 aliphatic carbocycles. The van der Waals surface area contributed by atoms with Gasteiger partial charge in [-0.3, -0.25) is 4.98 Å². The number of hydrogen-bond acceptors (Lipinski definition) is 5. The average Bonchev–Trinajstić information content (AvgIpc) is 3.20. The van der Waals surface area contributed by atoms with E-state index in [0.29, 0.717) is 23.0 Å². The first kappa shape index (κ1) is 29.1. The molecule has 0 aliphatic rings. The molecule has 0 fully saturated rings. The fourth-order valence-electron chi connectivity index (χ4n) is 6.80. The number of pyridine rings is 1. The third kappa shape index (κ3) is 5.13. The third-order valence-corrected chi connectivity index (χ3v) is 9.16. The Morgan fingerprint density at radius 2 is 0.900 bits per heavy atom. The van der Waals surface area contributed by atoms with E-state index in [2.05, 4.69) is 78.9 Å². The van der Waals surface area contributed by atoms with E-state index in [1.807, 2.05) is 91.1 Å². The molecule has 9 rings (SSSR count). The second kappa shape index (κ2) is 12.2. The molecular formula is C45H27N5.